The van der Waals surface area contributed by atoms with Gasteiger partial charge in [0, 0.05) is 18.2 Å². The standard InChI is InChI=1S/C18H21N2O/c1-2-13-12-15(19)9-10-16(13)18(21)20-11-5-7-14-6-3-4-8-17(14)20/h1,9-10,12,14,17,19H,3-8,11H2. The fourth-order valence-corrected chi connectivity index (χ4v) is 3.88. The fourth-order valence-electron chi connectivity index (χ4n) is 3.88. The molecule has 3 rings (SSSR count). The molecule has 1 saturated heterocycles. The van der Waals surface area contributed by atoms with Gasteiger partial charge in [0.2, 0.25) is 0 Å². The molecule has 2 atom stereocenters. The highest BCUT2D eigenvalue weighted by molar-refractivity contribution is 5.97. The second-order valence-corrected chi connectivity index (χ2v) is 6.16. The van der Waals surface area contributed by atoms with Crippen molar-refractivity contribution in [2.24, 2.45) is 5.92 Å². The van der Waals surface area contributed by atoms with E-state index in [9.17, 15) is 4.79 Å². The summed E-state index contributed by atoms with van der Waals surface area (Å²) in [4.78, 5) is 15.0. The lowest BCUT2D eigenvalue weighted by Crippen LogP contribution is -2.49. The molecule has 1 heterocycles. The van der Waals surface area contributed by atoms with E-state index in [1.807, 2.05) is 4.90 Å². The zero-order valence-corrected chi connectivity index (χ0v) is 12.3. The lowest BCUT2D eigenvalue weighted by Gasteiger charge is -2.44. The molecule has 2 fully saturated rings. The zero-order chi connectivity index (χ0) is 14.8. The molecule has 1 N–H and O–H groups in total. The predicted molar refractivity (Wildman–Crippen MR) is 83.2 cm³/mol. The van der Waals surface area contributed by atoms with Gasteiger partial charge >= 0.3 is 0 Å². The number of hydrogen-bond donors (Lipinski definition) is 0. The summed E-state index contributed by atoms with van der Waals surface area (Å²) in [6.07, 6.45) is 12.8. The molecule has 1 aliphatic heterocycles. The Bertz CT molecular complexity index is 585. The largest absolute Gasteiger partial charge is 0.335 e. The number of nitrogens with zero attached hydrogens (tertiary/aromatic N) is 1. The van der Waals surface area contributed by atoms with E-state index in [0.717, 1.165) is 19.4 Å². The summed E-state index contributed by atoms with van der Waals surface area (Å²) in [6.45, 7) is 0.840. The fraction of sp³-hybridized carbons (Fsp3) is 0.500. The molecular weight excluding hydrogens is 260 g/mol. The lowest BCUT2D eigenvalue weighted by atomic mass is 9.78. The van der Waals surface area contributed by atoms with Crippen LogP contribution >= 0.6 is 0 Å². The number of benzene rings is 1. The predicted octanol–water partition coefficient (Wildman–Crippen LogP) is 3.38. The Morgan fingerprint density at radius 1 is 1.24 bits per heavy atom. The summed E-state index contributed by atoms with van der Waals surface area (Å²) in [6, 6.07) is 5.36. The van der Waals surface area contributed by atoms with E-state index < -0.39 is 0 Å². The Morgan fingerprint density at radius 3 is 2.81 bits per heavy atom. The Hall–Kier alpha value is -1.95. The number of carbonyl (C=O) groups excluding carboxylic acids is 1. The molecule has 2 unspecified atom stereocenters. The third kappa shape index (κ3) is 2.63. The zero-order valence-electron chi connectivity index (χ0n) is 12.3. The van der Waals surface area contributed by atoms with Crippen LogP contribution in [0.4, 0.5) is 5.69 Å². The first-order chi connectivity index (χ1) is 10.2. The lowest BCUT2D eigenvalue weighted by molar-refractivity contribution is 0.0390. The molecule has 21 heavy (non-hydrogen) atoms. The van der Waals surface area contributed by atoms with E-state index in [4.69, 9.17) is 12.2 Å². The first kappa shape index (κ1) is 14.0. The molecule has 1 aromatic carbocycles. The van der Waals surface area contributed by atoms with Gasteiger partial charge in [-0.05, 0) is 49.8 Å². The normalized spacial score (nSPS) is 25.0. The molecule has 3 nitrogen and oxygen atoms in total. The molecule has 0 bridgehead atoms. The minimum Gasteiger partial charge on any atom is -0.335 e. The van der Waals surface area contributed by atoms with Crippen LogP contribution < -0.4 is 5.73 Å². The number of likely N-dealkylation sites (tertiary alicyclic amines) is 1. The van der Waals surface area contributed by atoms with Gasteiger partial charge in [-0.2, -0.15) is 0 Å². The summed E-state index contributed by atoms with van der Waals surface area (Å²) in [5.41, 5.74) is 9.13. The van der Waals surface area contributed by atoms with Gasteiger partial charge in [0.25, 0.3) is 5.91 Å². The van der Waals surface area contributed by atoms with E-state index in [1.165, 1.54) is 25.7 Å². The van der Waals surface area contributed by atoms with Crippen LogP contribution in [0.15, 0.2) is 18.2 Å². The third-order valence-corrected chi connectivity index (χ3v) is 4.91. The van der Waals surface area contributed by atoms with Gasteiger partial charge in [-0.1, -0.05) is 18.8 Å². The number of hydrogen-bond acceptors (Lipinski definition) is 1. The number of amides is 1. The summed E-state index contributed by atoms with van der Waals surface area (Å²) in [5.74, 6) is 3.28. The number of rotatable bonds is 1. The second kappa shape index (κ2) is 5.81. The van der Waals surface area contributed by atoms with E-state index in [-0.39, 0.29) is 5.91 Å². The van der Waals surface area contributed by atoms with Crippen LogP contribution in [0, 0.1) is 18.3 Å². The van der Waals surface area contributed by atoms with Crippen LogP contribution in [-0.4, -0.2) is 23.4 Å². The van der Waals surface area contributed by atoms with Gasteiger partial charge in [0.15, 0.2) is 0 Å². The Kier molecular flexibility index (Phi) is 3.88. The highest BCUT2D eigenvalue weighted by Crippen LogP contribution is 2.36. The van der Waals surface area contributed by atoms with Crippen molar-refractivity contribution in [1.82, 2.24) is 10.6 Å². The van der Waals surface area contributed by atoms with Gasteiger partial charge in [-0.25, -0.2) is 0 Å². The maximum absolute atomic E-state index is 12.9. The molecular formula is C18H21N2O. The van der Waals surface area contributed by atoms with Gasteiger partial charge < -0.3 is 10.6 Å². The molecule has 1 aromatic rings. The minimum absolute atomic E-state index is 0.0551. The first-order valence-corrected chi connectivity index (χ1v) is 7.84. The van der Waals surface area contributed by atoms with Crippen molar-refractivity contribution < 1.29 is 4.79 Å². The van der Waals surface area contributed by atoms with Gasteiger partial charge in [-0.3, -0.25) is 4.79 Å². The Labute approximate surface area is 126 Å². The summed E-state index contributed by atoms with van der Waals surface area (Å²) in [5, 5.41) is 0. The van der Waals surface area contributed by atoms with Crippen LogP contribution in [0.25, 0.3) is 0 Å². The summed E-state index contributed by atoms with van der Waals surface area (Å²) >= 11 is 0. The van der Waals surface area contributed by atoms with Gasteiger partial charge in [0.05, 0.1) is 11.3 Å². The highest BCUT2D eigenvalue weighted by atomic mass is 16.2. The van der Waals surface area contributed by atoms with Crippen LogP contribution in [0.1, 0.15) is 54.4 Å². The number of nitrogens with one attached hydrogen (secondary N) is 1. The number of piperidine rings is 1. The highest BCUT2D eigenvalue weighted by Gasteiger charge is 2.36. The van der Waals surface area contributed by atoms with Crippen molar-refractivity contribution in [1.29, 1.82) is 0 Å². The molecule has 0 aromatic heterocycles. The average molecular weight is 281 g/mol. The molecule has 2 aliphatic rings. The van der Waals surface area contributed by atoms with E-state index in [1.54, 1.807) is 18.2 Å². The van der Waals surface area contributed by atoms with Crippen molar-refractivity contribution in [2.45, 2.75) is 44.6 Å². The quantitative estimate of drug-likeness (QED) is 0.728. The molecule has 109 valence electrons. The van der Waals surface area contributed by atoms with Crippen molar-refractivity contribution in [3.05, 3.63) is 29.3 Å². The molecule has 0 spiro atoms. The smallest absolute Gasteiger partial charge is 0.255 e. The minimum atomic E-state index is 0.0551. The van der Waals surface area contributed by atoms with Gasteiger partial charge in [0.1, 0.15) is 0 Å². The van der Waals surface area contributed by atoms with E-state index in [2.05, 4.69) is 5.92 Å². The van der Waals surface area contributed by atoms with Crippen molar-refractivity contribution in [3.63, 3.8) is 0 Å². The number of carbonyl (C=O) groups is 1. The van der Waals surface area contributed by atoms with Crippen LogP contribution in [0.2, 0.25) is 0 Å². The summed E-state index contributed by atoms with van der Waals surface area (Å²) in [7, 11) is 0. The Balaban J connectivity index is 1.89. The molecule has 3 heteroatoms. The average Bonchev–Trinajstić information content (AvgIpc) is 2.53. The molecule has 1 amide bonds. The van der Waals surface area contributed by atoms with E-state index in [0.29, 0.717) is 28.8 Å². The third-order valence-electron chi connectivity index (χ3n) is 4.91. The van der Waals surface area contributed by atoms with E-state index >= 15 is 0 Å². The van der Waals surface area contributed by atoms with Gasteiger partial charge in [-0.15, -0.1) is 6.42 Å². The van der Waals surface area contributed by atoms with Crippen molar-refractivity contribution >= 4 is 11.6 Å². The molecule has 1 radical (unpaired) electrons. The Morgan fingerprint density at radius 2 is 2.00 bits per heavy atom. The maximum atomic E-state index is 12.9. The SMILES string of the molecule is C#Cc1cc([NH])ccc1C(=O)N1CCCC2CCCCC21. The van der Waals surface area contributed by atoms with Crippen molar-refractivity contribution in [2.75, 3.05) is 6.54 Å². The summed E-state index contributed by atoms with van der Waals surface area (Å²) < 4.78 is 0. The molecule has 1 saturated carbocycles. The van der Waals surface area contributed by atoms with Crippen molar-refractivity contribution in [3.8, 4) is 12.3 Å². The van der Waals surface area contributed by atoms with Crippen LogP contribution in [0.3, 0.4) is 0 Å². The topological polar surface area (TPSA) is 44.1 Å². The van der Waals surface area contributed by atoms with Crippen LogP contribution in [0.5, 0.6) is 0 Å². The first-order valence-electron chi connectivity index (χ1n) is 7.84. The maximum Gasteiger partial charge on any atom is 0.255 e. The second-order valence-electron chi connectivity index (χ2n) is 6.16. The molecule has 1 aliphatic carbocycles. The monoisotopic (exact) mass is 281 g/mol. The number of fused-ring (bicyclic) bond motifs is 1. The van der Waals surface area contributed by atoms with Crippen LogP contribution in [-0.2, 0) is 0 Å². The number of terminal acetylenes is 1.